The van der Waals surface area contributed by atoms with Crippen molar-refractivity contribution in [2.75, 3.05) is 46.6 Å². The Labute approximate surface area is 129 Å². The summed E-state index contributed by atoms with van der Waals surface area (Å²) in [7, 11) is 1.73. The molecule has 4 heteroatoms. The first kappa shape index (κ1) is 15.7. The van der Waals surface area contributed by atoms with Gasteiger partial charge in [-0.3, -0.25) is 4.90 Å². The molecule has 122 valence electrons. The molecular weight excluding hydrogens is 264 g/mol. The van der Waals surface area contributed by atoms with Gasteiger partial charge in [0, 0.05) is 37.8 Å². The normalized spacial score (nSPS) is 27.9. The Hall–Kier alpha value is -0.160. The lowest BCUT2D eigenvalue weighted by Gasteiger charge is -2.52. The second-order valence-electron chi connectivity index (χ2n) is 7.30. The van der Waals surface area contributed by atoms with Gasteiger partial charge in [0.2, 0.25) is 0 Å². The van der Waals surface area contributed by atoms with Crippen LogP contribution in [-0.2, 0) is 9.47 Å². The van der Waals surface area contributed by atoms with E-state index in [1.165, 1.54) is 64.5 Å². The number of methoxy groups -OCH3 is 1. The maximum absolute atomic E-state index is 5.74. The third-order valence-electron chi connectivity index (χ3n) is 5.99. The van der Waals surface area contributed by atoms with Crippen molar-refractivity contribution in [1.82, 2.24) is 10.2 Å². The maximum atomic E-state index is 5.74. The van der Waals surface area contributed by atoms with E-state index in [9.17, 15) is 0 Å². The molecule has 0 bridgehead atoms. The molecule has 3 fully saturated rings. The zero-order valence-electron chi connectivity index (χ0n) is 13.7. The topological polar surface area (TPSA) is 33.7 Å². The second kappa shape index (κ2) is 6.95. The van der Waals surface area contributed by atoms with Gasteiger partial charge in [0.1, 0.15) is 0 Å². The van der Waals surface area contributed by atoms with Crippen molar-refractivity contribution in [2.45, 2.75) is 62.4 Å². The lowest BCUT2D eigenvalue weighted by Crippen LogP contribution is -2.68. The van der Waals surface area contributed by atoms with E-state index in [-0.39, 0.29) is 0 Å². The molecule has 0 radical (unpaired) electrons. The molecule has 0 amide bonds. The third kappa shape index (κ3) is 3.44. The number of hydrogen-bond donors (Lipinski definition) is 1. The summed E-state index contributed by atoms with van der Waals surface area (Å²) in [6.07, 6.45) is 11.1. The predicted octanol–water partition coefficient (Wildman–Crippen LogP) is 2.18. The quantitative estimate of drug-likeness (QED) is 0.762. The molecule has 1 saturated heterocycles. The average Bonchev–Trinajstić information content (AvgIpc) is 3.13. The summed E-state index contributed by atoms with van der Waals surface area (Å²) in [5.74, 6) is 0. The van der Waals surface area contributed by atoms with Gasteiger partial charge >= 0.3 is 0 Å². The molecule has 0 atom stereocenters. The van der Waals surface area contributed by atoms with Gasteiger partial charge in [-0.15, -0.1) is 0 Å². The van der Waals surface area contributed by atoms with E-state index >= 15 is 0 Å². The summed E-state index contributed by atoms with van der Waals surface area (Å²) < 4.78 is 10.8. The Kier molecular flexibility index (Phi) is 5.20. The number of rotatable bonds is 6. The molecule has 2 aliphatic carbocycles. The molecule has 0 unspecified atom stereocenters. The van der Waals surface area contributed by atoms with Gasteiger partial charge in [-0.05, 0) is 25.7 Å². The smallest absolute Gasteiger partial charge is 0.0700 e. The molecule has 21 heavy (non-hydrogen) atoms. The summed E-state index contributed by atoms with van der Waals surface area (Å²) in [4.78, 5) is 2.79. The first-order chi connectivity index (χ1) is 10.3. The molecule has 1 aliphatic heterocycles. The average molecular weight is 296 g/mol. The highest BCUT2D eigenvalue weighted by atomic mass is 16.5. The summed E-state index contributed by atoms with van der Waals surface area (Å²) in [5.41, 5.74) is 0.846. The molecule has 2 saturated carbocycles. The van der Waals surface area contributed by atoms with Crippen LogP contribution in [0.5, 0.6) is 0 Å². The molecule has 2 spiro atoms. The molecule has 0 aromatic rings. The van der Waals surface area contributed by atoms with Crippen molar-refractivity contribution in [3.63, 3.8) is 0 Å². The van der Waals surface area contributed by atoms with Crippen LogP contribution in [0.25, 0.3) is 0 Å². The lowest BCUT2D eigenvalue weighted by molar-refractivity contribution is -0.0173. The highest BCUT2D eigenvalue weighted by Crippen LogP contribution is 2.42. The van der Waals surface area contributed by atoms with Crippen molar-refractivity contribution >= 4 is 0 Å². The Balaban J connectivity index is 1.57. The van der Waals surface area contributed by atoms with Gasteiger partial charge in [0.15, 0.2) is 0 Å². The third-order valence-corrected chi connectivity index (χ3v) is 5.99. The zero-order valence-corrected chi connectivity index (χ0v) is 13.7. The molecule has 0 aromatic carbocycles. The van der Waals surface area contributed by atoms with Crippen molar-refractivity contribution in [2.24, 2.45) is 0 Å². The minimum Gasteiger partial charge on any atom is -0.382 e. The number of piperazine rings is 1. The molecule has 1 heterocycles. The molecule has 3 rings (SSSR count). The monoisotopic (exact) mass is 296 g/mol. The molecule has 1 N–H and O–H groups in total. The van der Waals surface area contributed by atoms with Gasteiger partial charge < -0.3 is 14.8 Å². The fraction of sp³-hybridized carbons (Fsp3) is 1.00. The summed E-state index contributed by atoms with van der Waals surface area (Å²) in [6.45, 7) is 5.80. The molecule has 0 aromatic heterocycles. The van der Waals surface area contributed by atoms with Gasteiger partial charge in [0.05, 0.1) is 19.8 Å². The van der Waals surface area contributed by atoms with Crippen molar-refractivity contribution in [3.05, 3.63) is 0 Å². The van der Waals surface area contributed by atoms with Crippen LogP contribution in [0.3, 0.4) is 0 Å². The van der Waals surface area contributed by atoms with Crippen LogP contribution in [0.4, 0.5) is 0 Å². The summed E-state index contributed by atoms with van der Waals surface area (Å²) >= 11 is 0. The van der Waals surface area contributed by atoms with Crippen molar-refractivity contribution < 1.29 is 9.47 Å². The number of nitrogens with zero attached hydrogens (tertiary/aromatic N) is 1. The lowest BCUT2D eigenvalue weighted by atomic mass is 9.84. The zero-order chi connectivity index (χ0) is 14.6. The van der Waals surface area contributed by atoms with Crippen LogP contribution in [0, 0.1) is 0 Å². The minimum absolute atomic E-state index is 0.417. The van der Waals surface area contributed by atoms with E-state index in [2.05, 4.69) is 10.2 Å². The standard InChI is InChI=1S/C17H32N2O2/c1-20-12-13-21-11-10-19-15-16(6-2-3-7-16)18-14-17(19)8-4-5-9-17/h18H,2-15H2,1H3. The SMILES string of the molecule is COCCOCCN1CC2(CCCC2)NCC12CCCC2. The van der Waals surface area contributed by atoms with Crippen LogP contribution in [0.15, 0.2) is 0 Å². The van der Waals surface area contributed by atoms with Gasteiger partial charge in [-0.1, -0.05) is 25.7 Å². The van der Waals surface area contributed by atoms with E-state index in [1.54, 1.807) is 7.11 Å². The Morgan fingerprint density at radius 1 is 0.952 bits per heavy atom. The van der Waals surface area contributed by atoms with E-state index in [0.29, 0.717) is 17.7 Å². The van der Waals surface area contributed by atoms with E-state index in [1.807, 2.05) is 0 Å². The van der Waals surface area contributed by atoms with Crippen molar-refractivity contribution in [3.8, 4) is 0 Å². The highest BCUT2D eigenvalue weighted by molar-refractivity contribution is 5.08. The minimum atomic E-state index is 0.417. The van der Waals surface area contributed by atoms with Crippen molar-refractivity contribution in [1.29, 1.82) is 0 Å². The van der Waals surface area contributed by atoms with E-state index in [0.717, 1.165) is 19.8 Å². The largest absolute Gasteiger partial charge is 0.382 e. The maximum Gasteiger partial charge on any atom is 0.0700 e. The van der Waals surface area contributed by atoms with Gasteiger partial charge in [-0.2, -0.15) is 0 Å². The Morgan fingerprint density at radius 3 is 2.38 bits per heavy atom. The van der Waals surface area contributed by atoms with Gasteiger partial charge in [0.25, 0.3) is 0 Å². The first-order valence-electron chi connectivity index (χ1n) is 8.86. The number of ether oxygens (including phenoxy) is 2. The first-order valence-corrected chi connectivity index (χ1v) is 8.86. The van der Waals surface area contributed by atoms with Crippen LogP contribution < -0.4 is 5.32 Å². The van der Waals surface area contributed by atoms with Crippen LogP contribution in [0.1, 0.15) is 51.4 Å². The Morgan fingerprint density at radius 2 is 1.67 bits per heavy atom. The fourth-order valence-corrected chi connectivity index (χ4v) is 4.70. The summed E-state index contributed by atoms with van der Waals surface area (Å²) in [5, 5.41) is 3.97. The van der Waals surface area contributed by atoms with E-state index in [4.69, 9.17) is 9.47 Å². The molecule has 4 nitrogen and oxygen atoms in total. The van der Waals surface area contributed by atoms with E-state index < -0.39 is 0 Å². The fourth-order valence-electron chi connectivity index (χ4n) is 4.70. The van der Waals surface area contributed by atoms with Crippen LogP contribution in [-0.4, -0.2) is 62.5 Å². The Bertz CT molecular complexity index is 323. The van der Waals surface area contributed by atoms with Crippen LogP contribution >= 0.6 is 0 Å². The molecule has 3 aliphatic rings. The van der Waals surface area contributed by atoms with Gasteiger partial charge in [-0.25, -0.2) is 0 Å². The van der Waals surface area contributed by atoms with Crippen LogP contribution in [0.2, 0.25) is 0 Å². The number of nitrogens with one attached hydrogen (secondary N) is 1. The highest BCUT2D eigenvalue weighted by Gasteiger charge is 2.49. The summed E-state index contributed by atoms with van der Waals surface area (Å²) in [6, 6.07) is 0. The molecular formula is C17H32N2O2. The predicted molar refractivity (Wildman–Crippen MR) is 84.7 cm³/mol. The number of hydrogen-bond acceptors (Lipinski definition) is 4. The second-order valence-corrected chi connectivity index (χ2v) is 7.30.